The molecule has 0 aliphatic carbocycles. The Hall–Kier alpha value is 0.210. The van der Waals surface area contributed by atoms with Crippen molar-refractivity contribution in [2.45, 2.75) is 51.6 Å². The van der Waals surface area contributed by atoms with E-state index >= 15 is 0 Å². The predicted octanol–water partition coefficient (Wildman–Crippen LogP) is 2.81. The van der Waals surface area contributed by atoms with E-state index in [-0.39, 0.29) is 0 Å². The predicted molar refractivity (Wildman–Crippen MR) is 74.7 cm³/mol. The number of halogens is 1. The van der Waals surface area contributed by atoms with Gasteiger partial charge in [0.05, 0.1) is 0 Å². The van der Waals surface area contributed by atoms with Crippen molar-refractivity contribution in [1.29, 1.82) is 0 Å². The van der Waals surface area contributed by atoms with E-state index in [9.17, 15) is 0 Å². The molecule has 2 saturated heterocycles. The number of hydrogen-bond donors (Lipinski definition) is 0. The molecule has 17 heavy (non-hydrogen) atoms. The van der Waals surface area contributed by atoms with Gasteiger partial charge in [-0.1, -0.05) is 6.92 Å². The Labute approximate surface area is 111 Å². The molecule has 0 N–H and O–H groups in total. The summed E-state index contributed by atoms with van der Waals surface area (Å²) in [6.07, 6.45) is 5.30. The molecule has 0 amide bonds. The molecule has 0 spiro atoms. The molecule has 3 heteroatoms. The Balaban J connectivity index is 1.76. The first-order chi connectivity index (χ1) is 8.20. The summed E-state index contributed by atoms with van der Waals surface area (Å²) >= 11 is 5.80. The number of hydrogen-bond acceptors (Lipinski definition) is 2. The molecule has 0 radical (unpaired) electrons. The number of alkyl halides is 1. The van der Waals surface area contributed by atoms with Crippen LogP contribution in [0.25, 0.3) is 0 Å². The van der Waals surface area contributed by atoms with Gasteiger partial charge in [0, 0.05) is 31.1 Å². The van der Waals surface area contributed by atoms with Crippen LogP contribution in [0.15, 0.2) is 0 Å². The van der Waals surface area contributed by atoms with E-state index in [2.05, 4.69) is 23.6 Å². The molecule has 3 atom stereocenters. The quantitative estimate of drug-likeness (QED) is 0.700. The van der Waals surface area contributed by atoms with Crippen LogP contribution in [0, 0.1) is 5.92 Å². The summed E-state index contributed by atoms with van der Waals surface area (Å²) in [5.41, 5.74) is 0. The number of nitrogens with zero attached hydrogens (tertiary/aromatic N) is 2. The summed E-state index contributed by atoms with van der Waals surface area (Å²) in [6, 6.07) is 1.60. The smallest absolute Gasteiger partial charge is 0.0225 e. The van der Waals surface area contributed by atoms with Gasteiger partial charge < -0.3 is 0 Å². The molecule has 2 fully saturated rings. The number of piperazine rings is 1. The molecule has 0 aromatic rings. The lowest BCUT2D eigenvalue weighted by molar-refractivity contribution is 0.0559. The molecule has 3 unspecified atom stereocenters. The highest BCUT2D eigenvalue weighted by molar-refractivity contribution is 6.17. The summed E-state index contributed by atoms with van der Waals surface area (Å²) in [5.74, 6) is 1.59. The molecule has 100 valence electrons. The summed E-state index contributed by atoms with van der Waals surface area (Å²) < 4.78 is 0. The average Bonchev–Trinajstić information content (AvgIpc) is 2.73. The zero-order valence-corrected chi connectivity index (χ0v) is 12.1. The first-order valence-electron chi connectivity index (χ1n) is 7.24. The Morgan fingerprint density at radius 3 is 2.88 bits per heavy atom. The molecule has 0 aromatic carbocycles. The maximum absolute atomic E-state index is 5.80. The van der Waals surface area contributed by atoms with Crippen molar-refractivity contribution in [3.05, 3.63) is 0 Å². The van der Waals surface area contributed by atoms with E-state index in [1.807, 2.05) is 0 Å². The fraction of sp³-hybridized carbons (Fsp3) is 1.00. The molecular formula is C14H27ClN2. The lowest BCUT2D eigenvalue weighted by atomic mass is 10.0. The maximum Gasteiger partial charge on any atom is 0.0225 e. The van der Waals surface area contributed by atoms with Gasteiger partial charge >= 0.3 is 0 Å². The van der Waals surface area contributed by atoms with Gasteiger partial charge in [-0.15, -0.1) is 11.6 Å². The van der Waals surface area contributed by atoms with E-state index in [1.54, 1.807) is 0 Å². The van der Waals surface area contributed by atoms with Crippen molar-refractivity contribution in [2.24, 2.45) is 5.92 Å². The van der Waals surface area contributed by atoms with E-state index in [1.165, 1.54) is 51.9 Å². The first kappa shape index (κ1) is 13.6. The van der Waals surface area contributed by atoms with Crippen molar-refractivity contribution in [3.63, 3.8) is 0 Å². The minimum Gasteiger partial charge on any atom is -0.298 e. The third-order valence-electron chi connectivity index (χ3n) is 4.58. The Morgan fingerprint density at radius 1 is 1.29 bits per heavy atom. The van der Waals surface area contributed by atoms with Crippen molar-refractivity contribution >= 4 is 11.6 Å². The van der Waals surface area contributed by atoms with Crippen molar-refractivity contribution in [2.75, 3.05) is 32.1 Å². The molecular weight excluding hydrogens is 232 g/mol. The fourth-order valence-electron chi connectivity index (χ4n) is 3.28. The highest BCUT2D eigenvalue weighted by Gasteiger charge is 2.33. The van der Waals surface area contributed by atoms with Crippen LogP contribution in [0.5, 0.6) is 0 Å². The first-order valence-corrected chi connectivity index (χ1v) is 7.78. The summed E-state index contributed by atoms with van der Waals surface area (Å²) in [7, 11) is 0. The topological polar surface area (TPSA) is 6.48 Å². The lowest BCUT2D eigenvalue weighted by Crippen LogP contribution is -2.55. The normalized spacial score (nSPS) is 32.6. The van der Waals surface area contributed by atoms with E-state index in [0.29, 0.717) is 0 Å². The van der Waals surface area contributed by atoms with E-state index < -0.39 is 0 Å². The van der Waals surface area contributed by atoms with Gasteiger partial charge in [0.25, 0.3) is 0 Å². The van der Waals surface area contributed by atoms with Crippen molar-refractivity contribution < 1.29 is 0 Å². The maximum atomic E-state index is 5.80. The molecule has 2 nitrogen and oxygen atoms in total. The Kier molecular flexibility index (Phi) is 5.13. The largest absolute Gasteiger partial charge is 0.298 e. The summed E-state index contributed by atoms with van der Waals surface area (Å²) in [4.78, 5) is 5.40. The standard InChI is InChI=1S/C14H27ClN2/c1-12(5-7-15)6-9-16-11-14-4-3-8-17(14)10-13(16)2/h12-14H,3-11H2,1-2H3. The van der Waals surface area contributed by atoms with Gasteiger partial charge in [-0.25, -0.2) is 0 Å². The van der Waals surface area contributed by atoms with Gasteiger partial charge in [0.15, 0.2) is 0 Å². The minimum absolute atomic E-state index is 0.743. The van der Waals surface area contributed by atoms with Gasteiger partial charge in [-0.3, -0.25) is 9.80 Å². The van der Waals surface area contributed by atoms with Crippen LogP contribution >= 0.6 is 11.6 Å². The second-order valence-electron chi connectivity index (χ2n) is 6.01. The molecule has 0 aromatic heterocycles. The van der Waals surface area contributed by atoms with Crippen LogP contribution in [0.2, 0.25) is 0 Å². The zero-order valence-electron chi connectivity index (χ0n) is 11.4. The molecule has 2 heterocycles. The van der Waals surface area contributed by atoms with Crippen LogP contribution in [-0.2, 0) is 0 Å². The monoisotopic (exact) mass is 258 g/mol. The molecule has 0 bridgehead atoms. The second-order valence-corrected chi connectivity index (χ2v) is 6.38. The van der Waals surface area contributed by atoms with Crippen molar-refractivity contribution in [1.82, 2.24) is 9.80 Å². The fourth-order valence-corrected chi connectivity index (χ4v) is 3.65. The van der Waals surface area contributed by atoms with E-state index in [0.717, 1.165) is 23.9 Å². The Morgan fingerprint density at radius 2 is 2.12 bits per heavy atom. The van der Waals surface area contributed by atoms with Gasteiger partial charge in [-0.05, 0) is 51.6 Å². The molecule has 2 rings (SSSR count). The third-order valence-corrected chi connectivity index (χ3v) is 4.80. The molecule has 2 aliphatic heterocycles. The average molecular weight is 259 g/mol. The molecule has 2 aliphatic rings. The van der Waals surface area contributed by atoms with Crippen LogP contribution < -0.4 is 0 Å². The highest BCUT2D eigenvalue weighted by Crippen LogP contribution is 2.25. The number of rotatable bonds is 5. The SMILES string of the molecule is CC(CCCl)CCN1CC2CCCN2CC1C. The van der Waals surface area contributed by atoms with Gasteiger partial charge in [-0.2, -0.15) is 0 Å². The van der Waals surface area contributed by atoms with Crippen LogP contribution in [0.4, 0.5) is 0 Å². The zero-order chi connectivity index (χ0) is 12.3. The summed E-state index contributed by atoms with van der Waals surface area (Å²) in [6.45, 7) is 9.91. The van der Waals surface area contributed by atoms with Gasteiger partial charge in [0.1, 0.15) is 0 Å². The molecule has 0 saturated carbocycles. The van der Waals surface area contributed by atoms with Crippen LogP contribution in [0.1, 0.15) is 39.5 Å². The third kappa shape index (κ3) is 3.59. The van der Waals surface area contributed by atoms with Crippen LogP contribution in [0.3, 0.4) is 0 Å². The lowest BCUT2D eigenvalue weighted by Gasteiger charge is -2.42. The summed E-state index contributed by atoms with van der Waals surface area (Å²) in [5, 5.41) is 0. The van der Waals surface area contributed by atoms with Crippen molar-refractivity contribution in [3.8, 4) is 0 Å². The second kappa shape index (κ2) is 6.40. The minimum atomic E-state index is 0.743. The van der Waals surface area contributed by atoms with Gasteiger partial charge in [0.2, 0.25) is 0 Å². The van der Waals surface area contributed by atoms with E-state index in [4.69, 9.17) is 11.6 Å². The highest BCUT2D eigenvalue weighted by atomic mass is 35.5. The number of fused-ring (bicyclic) bond motifs is 1. The van der Waals surface area contributed by atoms with Crippen LogP contribution in [-0.4, -0.2) is 53.9 Å². The Bertz CT molecular complexity index is 234.